The van der Waals surface area contributed by atoms with Crippen molar-refractivity contribution in [3.05, 3.63) is 34.7 Å². The molecule has 1 saturated heterocycles. The average Bonchev–Trinajstić information content (AvgIpc) is 3.02. The predicted octanol–water partition coefficient (Wildman–Crippen LogP) is 2.40. The van der Waals surface area contributed by atoms with E-state index in [1.165, 1.54) is 0 Å². The Kier molecular flexibility index (Phi) is 5.45. The molecule has 1 aliphatic heterocycles. The summed E-state index contributed by atoms with van der Waals surface area (Å²) in [6, 6.07) is 7.28. The molecule has 6 nitrogen and oxygen atoms in total. The van der Waals surface area contributed by atoms with Gasteiger partial charge < -0.3 is 11.1 Å². The Morgan fingerprint density at radius 2 is 2.24 bits per heavy atom. The molecule has 0 unspecified atom stereocenters. The molecule has 2 heterocycles. The van der Waals surface area contributed by atoms with Crippen LogP contribution < -0.4 is 11.1 Å². The number of aryl methyl sites for hydroxylation is 1. The molecule has 1 aliphatic rings. The van der Waals surface area contributed by atoms with E-state index < -0.39 is 0 Å². The zero-order chi connectivity index (χ0) is 17.8. The van der Waals surface area contributed by atoms with Gasteiger partial charge in [0.1, 0.15) is 0 Å². The number of benzene rings is 1. The lowest BCUT2D eigenvalue weighted by atomic mass is 10.0. The Morgan fingerprint density at radius 3 is 2.96 bits per heavy atom. The van der Waals surface area contributed by atoms with Crippen LogP contribution in [0, 0.1) is 6.92 Å². The minimum atomic E-state index is -0.353. The smallest absolute Gasteiger partial charge is 0.238 e. The third-order valence-electron chi connectivity index (χ3n) is 4.35. The number of nitrogens with zero attached hydrogens (tertiary/aromatic N) is 2. The highest BCUT2D eigenvalue weighted by Crippen LogP contribution is 2.24. The third-order valence-corrected chi connectivity index (χ3v) is 5.12. The van der Waals surface area contributed by atoms with Gasteiger partial charge in [-0.25, -0.2) is 4.98 Å². The molecule has 0 saturated carbocycles. The minimum Gasteiger partial charge on any atom is -0.368 e. The number of amides is 2. The fourth-order valence-electron chi connectivity index (χ4n) is 3.14. The number of anilines is 1. The molecular weight excluding hydrogens is 336 g/mol. The number of rotatable bonds is 5. The van der Waals surface area contributed by atoms with Crippen LogP contribution in [0.15, 0.2) is 29.6 Å². The summed E-state index contributed by atoms with van der Waals surface area (Å²) in [5.41, 5.74) is 8.05. The Hall–Kier alpha value is -2.25. The van der Waals surface area contributed by atoms with Crippen LogP contribution in [0.1, 0.15) is 24.3 Å². The molecule has 132 valence electrons. The highest BCUT2D eigenvalue weighted by Gasteiger charge is 2.28. The van der Waals surface area contributed by atoms with Gasteiger partial charge in [0, 0.05) is 16.6 Å². The molecule has 1 fully saturated rings. The number of piperidine rings is 1. The summed E-state index contributed by atoms with van der Waals surface area (Å²) in [5.74, 6) is -0.492. The molecule has 25 heavy (non-hydrogen) atoms. The number of primary amides is 1. The van der Waals surface area contributed by atoms with Crippen LogP contribution in [-0.2, 0) is 9.59 Å². The van der Waals surface area contributed by atoms with Gasteiger partial charge in [0.15, 0.2) is 0 Å². The molecule has 1 aromatic carbocycles. The van der Waals surface area contributed by atoms with Crippen LogP contribution in [0.5, 0.6) is 0 Å². The van der Waals surface area contributed by atoms with Gasteiger partial charge in [0.2, 0.25) is 11.8 Å². The first kappa shape index (κ1) is 17.6. The first-order valence-electron chi connectivity index (χ1n) is 8.39. The quantitative estimate of drug-likeness (QED) is 0.859. The van der Waals surface area contributed by atoms with Gasteiger partial charge in [-0.2, -0.15) is 0 Å². The number of likely N-dealkylation sites (tertiary alicyclic amines) is 1. The van der Waals surface area contributed by atoms with E-state index in [0.717, 1.165) is 47.8 Å². The van der Waals surface area contributed by atoms with Crippen LogP contribution in [0.25, 0.3) is 11.3 Å². The summed E-state index contributed by atoms with van der Waals surface area (Å²) < 4.78 is 0. The normalized spacial score (nSPS) is 18.0. The number of thiazole rings is 1. The van der Waals surface area contributed by atoms with Crippen molar-refractivity contribution >= 4 is 28.8 Å². The van der Waals surface area contributed by atoms with E-state index in [9.17, 15) is 9.59 Å². The number of carbonyl (C=O) groups is 2. The van der Waals surface area contributed by atoms with E-state index in [4.69, 9.17) is 5.73 Å². The number of carbonyl (C=O) groups excluding carboxylic acids is 2. The van der Waals surface area contributed by atoms with Gasteiger partial charge in [-0.1, -0.05) is 18.6 Å². The van der Waals surface area contributed by atoms with Crippen molar-refractivity contribution in [2.24, 2.45) is 5.73 Å². The molecule has 1 aromatic heterocycles. The molecule has 7 heteroatoms. The van der Waals surface area contributed by atoms with Crippen molar-refractivity contribution in [2.45, 2.75) is 32.2 Å². The topological polar surface area (TPSA) is 88.3 Å². The second-order valence-electron chi connectivity index (χ2n) is 6.27. The van der Waals surface area contributed by atoms with Gasteiger partial charge in [0.05, 0.1) is 23.3 Å². The zero-order valence-electron chi connectivity index (χ0n) is 14.2. The molecule has 3 N–H and O–H groups in total. The highest BCUT2D eigenvalue weighted by molar-refractivity contribution is 7.09. The van der Waals surface area contributed by atoms with Crippen molar-refractivity contribution in [1.82, 2.24) is 9.88 Å². The molecule has 0 radical (unpaired) electrons. The fraction of sp³-hybridized carbons (Fsp3) is 0.389. The maximum atomic E-state index is 12.4. The Morgan fingerprint density at radius 1 is 1.40 bits per heavy atom. The molecule has 2 aromatic rings. The molecule has 2 amide bonds. The van der Waals surface area contributed by atoms with Crippen LogP contribution in [0.3, 0.4) is 0 Å². The molecule has 0 aliphatic carbocycles. The Labute approximate surface area is 151 Å². The second kappa shape index (κ2) is 7.76. The van der Waals surface area contributed by atoms with Crippen LogP contribution in [-0.4, -0.2) is 40.8 Å². The molecule has 0 spiro atoms. The SMILES string of the molecule is Cc1nc(-c2cccc(NC(=O)CN3CCCC[C@H]3C(N)=O)c2)cs1. The standard InChI is InChI=1S/C18H22N4O2S/c1-12-20-15(11-25-12)13-5-4-6-14(9-13)21-17(23)10-22-8-3-2-7-16(22)18(19)24/h4-6,9,11,16H,2-3,7-8,10H2,1H3,(H2,19,24)(H,21,23)/t16-/m0/s1. The summed E-state index contributed by atoms with van der Waals surface area (Å²) in [4.78, 5) is 30.3. The molecule has 0 bridgehead atoms. The second-order valence-corrected chi connectivity index (χ2v) is 7.33. The van der Waals surface area contributed by atoms with E-state index in [2.05, 4.69) is 10.3 Å². The van der Waals surface area contributed by atoms with Gasteiger partial charge in [-0.3, -0.25) is 14.5 Å². The first-order valence-corrected chi connectivity index (χ1v) is 9.26. The lowest BCUT2D eigenvalue weighted by molar-refractivity contribution is -0.126. The average molecular weight is 358 g/mol. The monoisotopic (exact) mass is 358 g/mol. The van der Waals surface area contributed by atoms with Crippen LogP contribution in [0.2, 0.25) is 0 Å². The van der Waals surface area contributed by atoms with Crippen LogP contribution >= 0.6 is 11.3 Å². The van der Waals surface area contributed by atoms with Crippen molar-refractivity contribution in [3.8, 4) is 11.3 Å². The van der Waals surface area contributed by atoms with E-state index in [1.807, 2.05) is 41.5 Å². The maximum Gasteiger partial charge on any atom is 0.238 e. The number of hydrogen-bond donors (Lipinski definition) is 2. The highest BCUT2D eigenvalue weighted by atomic mass is 32.1. The van der Waals surface area contributed by atoms with Crippen LogP contribution in [0.4, 0.5) is 5.69 Å². The van der Waals surface area contributed by atoms with E-state index >= 15 is 0 Å². The summed E-state index contributed by atoms with van der Waals surface area (Å²) in [6.07, 6.45) is 2.68. The van der Waals surface area contributed by atoms with Gasteiger partial charge >= 0.3 is 0 Å². The predicted molar refractivity (Wildman–Crippen MR) is 99.3 cm³/mol. The van der Waals surface area contributed by atoms with Crippen molar-refractivity contribution in [2.75, 3.05) is 18.4 Å². The number of hydrogen-bond acceptors (Lipinski definition) is 5. The van der Waals surface area contributed by atoms with Gasteiger partial charge in [0.25, 0.3) is 0 Å². The van der Waals surface area contributed by atoms with Crippen molar-refractivity contribution in [1.29, 1.82) is 0 Å². The van der Waals surface area contributed by atoms with Crippen molar-refractivity contribution in [3.63, 3.8) is 0 Å². The Bertz CT molecular complexity index is 774. The lowest BCUT2D eigenvalue weighted by Gasteiger charge is -2.32. The lowest BCUT2D eigenvalue weighted by Crippen LogP contribution is -2.50. The Balaban J connectivity index is 1.65. The van der Waals surface area contributed by atoms with Crippen molar-refractivity contribution < 1.29 is 9.59 Å². The maximum absolute atomic E-state index is 12.4. The van der Waals surface area contributed by atoms with E-state index in [1.54, 1.807) is 11.3 Å². The van der Waals surface area contributed by atoms with E-state index in [-0.39, 0.29) is 24.4 Å². The number of aromatic nitrogens is 1. The van der Waals surface area contributed by atoms with Gasteiger partial charge in [-0.15, -0.1) is 11.3 Å². The largest absolute Gasteiger partial charge is 0.368 e. The summed E-state index contributed by atoms with van der Waals surface area (Å²) in [6.45, 7) is 2.86. The third kappa shape index (κ3) is 4.43. The minimum absolute atomic E-state index is 0.139. The summed E-state index contributed by atoms with van der Waals surface area (Å²) in [5, 5.41) is 5.92. The fourth-order valence-corrected chi connectivity index (χ4v) is 3.76. The van der Waals surface area contributed by atoms with Gasteiger partial charge in [-0.05, 0) is 38.4 Å². The first-order chi connectivity index (χ1) is 12.0. The van der Waals surface area contributed by atoms with E-state index in [0.29, 0.717) is 0 Å². The summed E-state index contributed by atoms with van der Waals surface area (Å²) in [7, 11) is 0. The molecular formula is C18H22N4O2S. The molecule has 3 rings (SSSR count). The summed E-state index contributed by atoms with van der Waals surface area (Å²) >= 11 is 1.60. The zero-order valence-corrected chi connectivity index (χ0v) is 15.0. The molecule has 1 atom stereocenters. The number of nitrogens with two attached hydrogens (primary N) is 1. The number of nitrogens with one attached hydrogen (secondary N) is 1.